The first-order valence-corrected chi connectivity index (χ1v) is 9.46. The third kappa shape index (κ3) is 4.37. The Balaban J connectivity index is 1.46. The minimum Gasteiger partial charge on any atom is -0.339 e. The number of hydrogen-bond donors (Lipinski definition) is 1. The minimum atomic E-state index is -0.422. The number of nitrogens with two attached hydrogens (primary N) is 1. The quantitative estimate of drug-likeness (QED) is 0.922. The smallest absolute Gasteiger partial charge is 0.239 e. The van der Waals surface area contributed by atoms with E-state index in [1.165, 1.54) is 25.7 Å². The summed E-state index contributed by atoms with van der Waals surface area (Å²) >= 11 is 0. The lowest BCUT2D eigenvalue weighted by Crippen LogP contribution is -2.55. The lowest BCUT2D eigenvalue weighted by Gasteiger charge is -2.42. The van der Waals surface area contributed by atoms with E-state index in [-0.39, 0.29) is 5.91 Å². The van der Waals surface area contributed by atoms with Gasteiger partial charge in [-0.3, -0.25) is 9.69 Å². The fraction of sp³-hybridized carbons (Fsp3) is 0.650. The van der Waals surface area contributed by atoms with Crippen LogP contribution < -0.4 is 5.73 Å². The molecule has 1 saturated heterocycles. The summed E-state index contributed by atoms with van der Waals surface area (Å²) in [6.07, 6.45) is 5.98. The first kappa shape index (κ1) is 17.4. The van der Waals surface area contributed by atoms with Crippen LogP contribution in [0.15, 0.2) is 30.3 Å². The summed E-state index contributed by atoms with van der Waals surface area (Å²) in [5.41, 5.74) is 7.30. The van der Waals surface area contributed by atoms with Crippen molar-refractivity contribution in [3.8, 4) is 0 Å². The van der Waals surface area contributed by atoms with Gasteiger partial charge in [0.2, 0.25) is 5.91 Å². The van der Waals surface area contributed by atoms with Gasteiger partial charge in [-0.25, -0.2) is 0 Å². The molecule has 2 fully saturated rings. The molecule has 0 bridgehead atoms. The lowest BCUT2D eigenvalue weighted by molar-refractivity contribution is -0.134. The summed E-state index contributed by atoms with van der Waals surface area (Å²) in [5.74, 6) is 0.996. The van der Waals surface area contributed by atoms with E-state index < -0.39 is 6.04 Å². The Morgan fingerprint density at radius 1 is 1.08 bits per heavy atom. The number of nitrogens with zero attached hydrogens (tertiary/aromatic N) is 2. The number of carbonyl (C=O) groups is 1. The van der Waals surface area contributed by atoms with Crippen LogP contribution in [0.4, 0.5) is 0 Å². The zero-order valence-electron chi connectivity index (χ0n) is 14.9. The molecular weight excluding hydrogens is 298 g/mol. The molecular formula is C20H31N3O. The van der Waals surface area contributed by atoms with Gasteiger partial charge in [0, 0.05) is 32.2 Å². The molecule has 0 spiro atoms. The third-order valence-electron chi connectivity index (χ3n) is 5.74. The van der Waals surface area contributed by atoms with Crippen molar-refractivity contribution < 1.29 is 4.79 Å². The molecule has 1 unspecified atom stereocenters. The van der Waals surface area contributed by atoms with Crippen molar-refractivity contribution in [2.75, 3.05) is 26.2 Å². The minimum absolute atomic E-state index is 0.107. The molecule has 1 aromatic rings. The molecule has 1 aliphatic carbocycles. The summed E-state index contributed by atoms with van der Waals surface area (Å²) < 4.78 is 0. The molecule has 24 heavy (non-hydrogen) atoms. The van der Waals surface area contributed by atoms with Gasteiger partial charge in [0.1, 0.15) is 0 Å². The highest BCUT2D eigenvalue weighted by Gasteiger charge is 2.30. The van der Waals surface area contributed by atoms with E-state index in [1.54, 1.807) is 0 Å². The van der Waals surface area contributed by atoms with E-state index in [0.29, 0.717) is 6.42 Å². The zero-order valence-corrected chi connectivity index (χ0v) is 14.9. The Hall–Kier alpha value is -1.39. The fourth-order valence-electron chi connectivity index (χ4n) is 4.10. The molecule has 1 aliphatic heterocycles. The van der Waals surface area contributed by atoms with Gasteiger partial charge in [-0.1, -0.05) is 37.3 Å². The van der Waals surface area contributed by atoms with Gasteiger partial charge in [0.15, 0.2) is 0 Å². The van der Waals surface area contributed by atoms with Crippen LogP contribution in [0, 0.1) is 5.92 Å². The van der Waals surface area contributed by atoms with Crippen molar-refractivity contribution in [1.82, 2.24) is 9.80 Å². The van der Waals surface area contributed by atoms with Crippen LogP contribution in [0.1, 0.15) is 38.2 Å². The van der Waals surface area contributed by atoms with Crippen molar-refractivity contribution in [2.24, 2.45) is 11.7 Å². The highest BCUT2D eigenvalue weighted by molar-refractivity contribution is 5.82. The molecule has 4 heteroatoms. The van der Waals surface area contributed by atoms with E-state index in [4.69, 9.17) is 5.73 Å². The SMILES string of the molecule is CC1CCC(N2CCN(C(=O)C(N)Cc3ccccc3)CC2)CC1. The largest absolute Gasteiger partial charge is 0.339 e. The summed E-state index contributed by atoms with van der Waals surface area (Å²) in [6, 6.07) is 10.4. The second-order valence-electron chi connectivity index (χ2n) is 7.57. The molecule has 0 aromatic heterocycles. The molecule has 1 aromatic carbocycles. The molecule has 1 heterocycles. The van der Waals surface area contributed by atoms with Crippen LogP contribution in [0.3, 0.4) is 0 Å². The average Bonchev–Trinajstić information content (AvgIpc) is 2.63. The predicted molar refractivity (Wildman–Crippen MR) is 97.7 cm³/mol. The van der Waals surface area contributed by atoms with Crippen LogP contribution in [0.25, 0.3) is 0 Å². The molecule has 4 nitrogen and oxygen atoms in total. The van der Waals surface area contributed by atoms with Gasteiger partial charge >= 0.3 is 0 Å². The Kier molecular flexibility index (Phi) is 5.90. The Morgan fingerprint density at radius 2 is 1.71 bits per heavy atom. The van der Waals surface area contributed by atoms with Crippen molar-refractivity contribution in [2.45, 2.75) is 51.1 Å². The summed E-state index contributed by atoms with van der Waals surface area (Å²) in [5, 5.41) is 0. The van der Waals surface area contributed by atoms with E-state index in [9.17, 15) is 4.79 Å². The van der Waals surface area contributed by atoms with Gasteiger partial charge < -0.3 is 10.6 Å². The maximum Gasteiger partial charge on any atom is 0.239 e. The molecule has 2 N–H and O–H groups in total. The molecule has 1 atom stereocenters. The normalized spacial score (nSPS) is 27.0. The van der Waals surface area contributed by atoms with Gasteiger partial charge in [-0.15, -0.1) is 0 Å². The number of hydrogen-bond acceptors (Lipinski definition) is 3. The van der Waals surface area contributed by atoms with Crippen molar-refractivity contribution >= 4 is 5.91 Å². The number of rotatable bonds is 4. The number of piperazine rings is 1. The van der Waals surface area contributed by atoms with Crippen LogP contribution in [0.5, 0.6) is 0 Å². The molecule has 0 radical (unpaired) electrons. The van der Waals surface area contributed by atoms with Crippen molar-refractivity contribution in [1.29, 1.82) is 0 Å². The first-order chi connectivity index (χ1) is 11.6. The third-order valence-corrected chi connectivity index (χ3v) is 5.74. The zero-order chi connectivity index (χ0) is 16.9. The lowest BCUT2D eigenvalue weighted by atomic mass is 9.86. The number of benzene rings is 1. The highest BCUT2D eigenvalue weighted by atomic mass is 16.2. The van der Waals surface area contributed by atoms with E-state index in [0.717, 1.165) is 43.7 Å². The molecule has 3 rings (SSSR count). The second kappa shape index (κ2) is 8.13. The summed E-state index contributed by atoms with van der Waals surface area (Å²) in [7, 11) is 0. The Bertz CT molecular complexity index is 517. The highest BCUT2D eigenvalue weighted by Crippen LogP contribution is 2.27. The average molecular weight is 329 g/mol. The summed E-state index contributed by atoms with van der Waals surface area (Å²) in [6.45, 7) is 6.02. The topological polar surface area (TPSA) is 49.6 Å². The second-order valence-corrected chi connectivity index (χ2v) is 7.57. The molecule has 1 amide bonds. The van der Waals surface area contributed by atoms with Crippen LogP contribution in [-0.4, -0.2) is 54.0 Å². The van der Waals surface area contributed by atoms with Crippen molar-refractivity contribution in [3.63, 3.8) is 0 Å². The summed E-state index contributed by atoms with van der Waals surface area (Å²) in [4.78, 5) is 17.2. The fourth-order valence-corrected chi connectivity index (χ4v) is 4.10. The number of amides is 1. The molecule has 2 aliphatic rings. The van der Waals surface area contributed by atoms with Crippen LogP contribution >= 0.6 is 0 Å². The Labute approximate surface area is 146 Å². The van der Waals surface area contributed by atoms with Gasteiger partial charge in [-0.05, 0) is 43.6 Å². The monoisotopic (exact) mass is 329 g/mol. The predicted octanol–water partition coefficient (Wildman–Crippen LogP) is 2.28. The van der Waals surface area contributed by atoms with Gasteiger partial charge in [0.25, 0.3) is 0 Å². The molecule has 1 saturated carbocycles. The first-order valence-electron chi connectivity index (χ1n) is 9.46. The van der Waals surface area contributed by atoms with E-state index in [1.807, 2.05) is 35.2 Å². The van der Waals surface area contributed by atoms with Crippen LogP contribution in [0.2, 0.25) is 0 Å². The van der Waals surface area contributed by atoms with Gasteiger partial charge in [-0.2, -0.15) is 0 Å². The van der Waals surface area contributed by atoms with Gasteiger partial charge in [0.05, 0.1) is 6.04 Å². The number of carbonyl (C=O) groups excluding carboxylic acids is 1. The standard InChI is InChI=1S/C20H31N3O/c1-16-7-9-18(10-8-16)22-11-13-23(14-12-22)20(24)19(21)15-17-5-3-2-4-6-17/h2-6,16,18-19H,7-15,21H2,1H3. The maximum absolute atomic E-state index is 12.6. The molecule has 132 valence electrons. The maximum atomic E-state index is 12.6. The van der Waals surface area contributed by atoms with Crippen LogP contribution in [-0.2, 0) is 11.2 Å². The van der Waals surface area contributed by atoms with E-state index in [2.05, 4.69) is 11.8 Å². The van der Waals surface area contributed by atoms with E-state index >= 15 is 0 Å². The Morgan fingerprint density at radius 3 is 2.33 bits per heavy atom. The van der Waals surface area contributed by atoms with Crippen molar-refractivity contribution in [3.05, 3.63) is 35.9 Å².